The fraction of sp³-hybridized carbons (Fsp3) is 0.529. The largest absolute Gasteiger partial charge is 0.336 e. The average Bonchev–Trinajstić information content (AvgIpc) is 2.88. The highest BCUT2D eigenvalue weighted by molar-refractivity contribution is 7.89. The summed E-state index contributed by atoms with van der Waals surface area (Å²) in [5, 5.41) is 0. The van der Waals surface area contributed by atoms with E-state index in [1.54, 1.807) is 35.0 Å². The predicted molar refractivity (Wildman–Crippen MR) is 95.1 cm³/mol. The zero-order chi connectivity index (χ0) is 18.2. The lowest BCUT2D eigenvalue weighted by atomic mass is 10.1. The van der Waals surface area contributed by atoms with Gasteiger partial charge in [-0.2, -0.15) is 4.31 Å². The minimum Gasteiger partial charge on any atom is -0.336 e. The summed E-state index contributed by atoms with van der Waals surface area (Å²) in [6.45, 7) is 3.28. The molecule has 0 aliphatic carbocycles. The quantitative estimate of drug-likeness (QED) is 0.787. The molecule has 1 aromatic rings. The number of hydrogen-bond donors (Lipinski definition) is 0. The van der Waals surface area contributed by atoms with Crippen molar-refractivity contribution in [1.29, 1.82) is 0 Å². The summed E-state index contributed by atoms with van der Waals surface area (Å²) < 4.78 is 25.7. The first-order chi connectivity index (χ1) is 11.8. The van der Waals surface area contributed by atoms with Crippen LogP contribution in [-0.4, -0.2) is 68.4 Å². The van der Waals surface area contributed by atoms with Crippen LogP contribution in [0.2, 0.25) is 0 Å². The van der Waals surface area contributed by atoms with Crippen molar-refractivity contribution in [2.24, 2.45) is 0 Å². The maximum Gasteiger partial charge on any atom is 0.253 e. The molecule has 2 aliphatic heterocycles. The summed E-state index contributed by atoms with van der Waals surface area (Å²) >= 11 is 0. The van der Waals surface area contributed by atoms with Crippen molar-refractivity contribution in [3.05, 3.63) is 29.3 Å². The Hall–Kier alpha value is -1.93. The van der Waals surface area contributed by atoms with E-state index < -0.39 is 10.0 Å². The van der Waals surface area contributed by atoms with Gasteiger partial charge in [-0.25, -0.2) is 8.42 Å². The number of carbonyl (C=O) groups is 2. The Morgan fingerprint density at radius 2 is 1.84 bits per heavy atom. The molecule has 0 spiro atoms. The molecule has 2 aliphatic rings. The second kappa shape index (κ2) is 6.76. The van der Waals surface area contributed by atoms with E-state index in [0.717, 1.165) is 11.3 Å². The Morgan fingerprint density at radius 3 is 2.48 bits per heavy atom. The number of benzene rings is 1. The molecule has 0 saturated carbocycles. The van der Waals surface area contributed by atoms with Crippen LogP contribution in [0.5, 0.6) is 0 Å². The summed E-state index contributed by atoms with van der Waals surface area (Å²) in [6, 6.07) is 5.31. The number of hydrogen-bond acceptors (Lipinski definition) is 4. The fourth-order valence-corrected chi connectivity index (χ4v) is 4.84. The number of anilines is 1. The van der Waals surface area contributed by atoms with Gasteiger partial charge in [-0.05, 0) is 30.2 Å². The summed E-state index contributed by atoms with van der Waals surface area (Å²) in [4.78, 5) is 27.7. The van der Waals surface area contributed by atoms with Gasteiger partial charge in [0.25, 0.3) is 5.91 Å². The highest BCUT2D eigenvalue weighted by Crippen LogP contribution is 2.28. The molecule has 1 saturated heterocycles. The van der Waals surface area contributed by atoms with E-state index in [0.29, 0.717) is 44.6 Å². The monoisotopic (exact) mass is 365 g/mol. The van der Waals surface area contributed by atoms with Gasteiger partial charge in [0.15, 0.2) is 0 Å². The Morgan fingerprint density at radius 1 is 1.16 bits per heavy atom. The number of carbonyl (C=O) groups excluding carboxylic acids is 2. The Balaban J connectivity index is 1.68. The van der Waals surface area contributed by atoms with Gasteiger partial charge in [-0.3, -0.25) is 9.59 Å². The Kier molecular flexibility index (Phi) is 4.83. The maximum atomic E-state index is 12.7. The highest BCUT2D eigenvalue weighted by Gasteiger charge is 2.30. The molecule has 25 heavy (non-hydrogen) atoms. The smallest absolute Gasteiger partial charge is 0.253 e. The van der Waals surface area contributed by atoms with Crippen LogP contribution in [0, 0.1) is 0 Å². The number of amides is 2. The SMILES string of the molecule is CCCS(=O)(=O)N1CCN(C(=O)c2ccc3c(c2)CC(=O)N3C)CC1. The highest BCUT2D eigenvalue weighted by atomic mass is 32.2. The minimum atomic E-state index is -3.22. The van der Waals surface area contributed by atoms with Crippen LogP contribution >= 0.6 is 0 Å². The molecule has 2 amide bonds. The van der Waals surface area contributed by atoms with Crippen molar-refractivity contribution in [2.45, 2.75) is 19.8 Å². The standard InChI is InChI=1S/C17H23N3O4S/c1-3-10-25(23,24)20-8-6-19(7-9-20)17(22)13-4-5-15-14(11-13)12-16(21)18(15)2/h4-5,11H,3,6-10,12H2,1-2H3. The molecule has 1 aromatic carbocycles. The Labute approximate surface area is 148 Å². The van der Waals surface area contributed by atoms with Gasteiger partial charge in [-0.1, -0.05) is 6.92 Å². The van der Waals surface area contributed by atoms with E-state index >= 15 is 0 Å². The summed E-state index contributed by atoms with van der Waals surface area (Å²) in [6.07, 6.45) is 0.903. The number of likely N-dealkylation sites (N-methyl/N-ethyl adjacent to an activating group) is 1. The van der Waals surface area contributed by atoms with Crippen LogP contribution in [0.4, 0.5) is 5.69 Å². The number of nitrogens with zero attached hydrogens (tertiary/aromatic N) is 3. The lowest BCUT2D eigenvalue weighted by Crippen LogP contribution is -2.51. The summed E-state index contributed by atoms with van der Waals surface area (Å²) in [5.74, 6) is 0.0551. The van der Waals surface area contributed by atoms with Gasteiger partial charge in [-0.15, -0.1) is 0 Å². The molecule has 7 nitrogen and oxygen atoms in total. The summed E-state index contributed by atoms with van der Waals surface area (Å²) in [5.41, 5.74) is 2.26. The molecule has 3 rings (SSSR count). The number of fused-ring (bicyclic) bond motifs is 1. The van der Waals surface area contributed by atoms with Crippen molar-refractivity contribution in [1.82, 2.24) is 9.21 Å². The third kappa shape index (κ3) is 3.41. The lowest BCUT2D eigenvalue weighted by Gasteiger charge is -2.34. The van der Waals surface area contributed by atoms with Crippen LogP contribution in [0.3, 0.4) is 0 Å². The minimum absolute atomic E-state index is 0.0225. The molecule has 0 radical (unpaired) electrons. The maximum absolute atomic E-state index is 12.7. The van der Waals surface area contributed by atoms with Crippen molar-refractivity contribution < 1.29 is 18.0 Å². The third-order valence-electron chi connectivity index (χ3n) is 4.78. The molecular weight excluding hydrogens is 342 g/mol. The van der Waals surface area contributed by atoms with E-state index in [1.165, 1.54) is 4.31 Å². The first kappa shape index (κ1) is 17.9. The van der Waals surface area contributed by atoms with Crippen molar-refractivity contribution in [3.63, 3.8) is 0 Å². The van der Waals surface area contributed by atoms with Gasteiger partial charge in [0, 0.05) is 44.5 Å². The van der Waals surface area contributed by atoms with E-state index in [-0.39, 0.29) is 17.6 Å². The molecule has 0 bridgehead atoms. The zero-order valence-corrected chi connectivity index (χ0v) is 15.4. The Bertz CT molecular complexity index is 798. The van der Waals surface area contributed by atoms with Gasteiger partial charge in [0.05, 0.1) is 12.2 Å². The number of piperazine rings is 1. The van der Waals surface area contributed by atoms with E-state index in [4.69, 9.17) is 0 Å². The van der Waals surface area contributed by atoms with Gasteiger partial charge >= 0.3 is 0 Å². The van der Waals surface area contributed by atoms with Gasteiger partial charge in [0.2, 0.25) is 15.9 Å². The topological polar surface area (TPSA) is 78.0 Å². The first-order valence-corrected chi connectivity index (χ1v) is 10.1. The fourth-order valence-electron chi connectivity index (χ4n) is 3.34. The lowest BCUT2D eigenvalue weighted by molar-refractivity contribution is -0.117. The molecule has 0 unspecified atom stereocenters. The number of sulfonamides is 1. The predicted octanol–water partition coefficient (Wildman–Crippen LogP) is 0.703. The molecule has 0 N–H and O–H groups in total. The zero-order valence-electron chi connectivity index (χ0n) is 14.6. The number of rotatable bonds is 4. The van der Waals surface area contributed by atoms with Crippen LogP contribution in [-0.2, 0) is 21.2 Å². The van der Waals surface area contributed by atoms with Crippen LogP contribution in [0.25, 0.3) is 0 Å². The third-order valence-corrected chi connectivity index (χ3v) is 6.86. The van der Waals surface area contributed by atoms with E-state index in [2.05, 4.69) is 0 Å². The molecule has 136 valence electrons. The molecule has 8 heteroatoms. The summed E-state index contributed by atoms with van der Waals surface area (Å²) in [7, 11) is -1.49. The van der Waals surface area contributed by atoms with Crippen molar-refractivity contribution >= 4 is 27.5 Å². The van der Waals surface area contributed by atoms with Crippen LogP contribution in [0.1, 0.15) is 29.3 Å². The molecule has 1 fully saturated rings. The van der Waals surface area contributed by atoms with Crippen molar-refractivity contribution in [2.75, 3.05) is 43.9 Å². The van der Waals surface area contributed by atoms with Crippen molar-refractivity contribution in [3.8, 4) is 0 Å². The second-order valence-corrected chi connectivity index (χ2v) is 8.57. The van der Waals surface area contributed by atoms with Crippen LogP contribution in [0.15, 0.2) is 18.2 Å². The molecule has 0 aromatic heterocycles. The molecule has 2 heterocycles. The van der Waals surface area contributed by atoms with E-state index in [9.17, 15) is 18.0 Å². The first-order valence-electron chi connectivity index (χ1n) is 8.50. The second-order valence-electron chi connectivity index (χ2n) is 6.48. The molecule has 0 atom stereocenters. The molecular formula is C17H23N3O4S. The van der Waals surface area contributed by atoms with Gasteiger partial charge < -0.3 is 9.80 Å². The van der Waals surface area contributed by atoms with Crippen LogP contribution < -0.4 is 4.90 Å². The van der Waals surface area contributed by atoms with Gasteiger partial charge in [0.1, 0.15) is 0 Å². The normalized spacial score (nSPS) is 18.6. The van der Waals surface area contributed by atoms with E-state index in [1.807, 2.05) is 6.92 Å². The average molecular weight is 365 g/mol.